The van der Waals surface area contributed by atoms with E-state index in [1.807, 2.05) is 0 Å². The van der Waals surface area contributed by atoms with E-state index in [1.54, 1.807) is 12.1 Å². The molecule has 4 rings (SSSR count). The third-order valence-corrected chi connectivity index (χ3v) is 5.18. The number of benzene rings is 1. The van der Waals surface area contributed by atoms with E-state index < -0.39 is 0 Å². The largest absolute Gasteiger partial charge is 0.392 e. The molecule has 2 aromatic rings. The minimum Gasteiger partial charge on any atom is -0.392 e. The summed E-state index contributed by atoms with van der Waals surface area (Å²) in [5.74, 6) is 2.30. The lowest BCUT2D eigenvalue weighted by atomic mass is 9.96. The van der Waals surface area contributed by atoms with Crippen molar-refractivity contribution in [3.63, 3.8) is 0 Å². The van der Waals surface area contributed by atoms with Crippen LogP contribution < -0.4 is 4.90 Å². The van der Waals surface area contributed by atoms with Gasteiger partial charge in [0, 0.05) is 38.0 Å². The molecule has 1 aromatic carbocycles. The monoisotopic (exact) mass is 343 g/mol. The summed E-state index contributed by atoms with van der Waals surface area (Å²) in [6, 6.07) is 4.82. The molecule has 1 fully saturated rings. The van der Waals surface area contributed by atoms with Gasteiger partial charge in [-0.2, -0.15) is 0 Å². The van der Waals surface area contributed by atoms with Crippen molar-refractivity contribution in [2.75, 3.05) is 18.0 Å². The zero-order valence-corrected chi connectivity index (χ0v) is 14.0. The third-order valence-electron chi connectivity index (χ3n) is 5.18. The number of nitro groups is 1. The first-order valence-electron chi connectivity index (χ1n) is 8.72. The molecule has 0 saturated carbocycles. The van der Waals surface area contributed by atoms with Crippen molar-refractivity contribution in [3.05, 3.63) is 45.5 Å². The Morgan fingerprint density at radius 3 is 2.96 bits per heavy atom. The molecule has 132 valence electrons. The van der Waals surface area contributed by atoms with Gasteiger partial charge in [-0.25, -0.2) is 0 Å². The predicted octanol–water partition coefficient (Wildman–Crippen LogP) is 2.01. The number of hydrogen-bond donors (Lipinski definition) is 1. The maximum absolute atomic E-state index is 11.4. The fourth-order valence-corrected chi connectivity index (χ4v) is 3.96. The fourth-order valence-electron chi connectivity index (χ4n) is 3.96. The maximum atomic E-state index is 11.4. The summed E-state index contributed by atoms with van der Waals surface area (Å²) in [6.45, 7) is 2.30. The van der Waals surface area contributed by atoms with Gasteiger partial charge in [-0.1, -0.05) is 0 Å². The number of hydrogen-bond acceptors (Lipinski definition) is 6. The lowest BCUT2D eigenvalue weighted by Gasteiger charge is -2.33. The van der Waals surface area contributed by atoms with Gasteiger partial charge in [0.2, 0.25) is 0 Å². The normalized spacial score (nSPS) is 19.9. The van der Waals surface area contributed by atoms with E-state index in [2.05, 4.69) is 19.7 Å². The SMILES string of the molecule is O=[N+]([O-])c1ccc(CO)cc1N1CCCC(c2nnc3n2CCC3)C1. The number of piperidine rings is 1. The first kappa shape index (κ1) is 16.0. The fraction of sp³-hybridized carbons (Fsp3) is 0.529. The van der Waals surface area contributed by atoms with Crippen LogP contribution >= 0.6 is 0 Å². The highest BCUT2D eigenvalue weighted by Crippen LogP contribution is 2.35. The van der Waals surface area contributed by atoms with E-state index in [0.29, 0.717) is 17.8 Å². The molecule has 0 amide bonds. The molecular formula is C17H21N5O3. The summed E-state index contributed by atoms with van der Waals surface area (Å²) < 4.78 is 2.22. The summed E-state index contributed by atoms with van der Waals surface area (Å²) in [6.07, 6.45) is 4.06. The summed E-state index contributed by atoms with van der Waals surface area (Å²) in [5, 5.41) is 29.5. The molecule has 1 unspecified atom stereocenters. The van der Waals surface area contributed by atoms with Gasteiger partial charge in [0.05, 0.1) is 11.5 Å². The second-order valence-electron chi connectivity index (χ2n) is 6.75. The summed E-state index contributed by atoms with van der Waals surface area (Å²) >= 11 is 0. The number of rotatable bonds is 4. The Kier molecular flexibility index (Phi) is 4.12. The van der Waals surface area contributed by atoms with Crippen molar-refractivity contribution in [1.29, 1.82) is 0 Å². The Balaban J connectivity index is 1.64. The van der Waals surface area contributed by atoms with Gasteiger partial charge in [-0.15, -0.1) is 10.2 Å². The molecular weight excluding hydrogens is 322 g/mol. The zero-order chi connectivity index (χ0) is 17.4. The molecule has 0 aliphatic carbocycles. The number of nitro benzene ring substituents is 1. The average molecular weight is 343 g/mol. The van der Waals surface area contributed by atoms with Gasteiger partial charge in [0.25, 0.3) is 5.69 Å². The molecule has 1 aromatic heterocycles. The number of aromatic nitrogens is 3. The van der Waals surface area contributed by atoms with Crippen LogP contribution in [0.1, 0.15) is 42.4 Å². The number of anilines is 1. The van der Waals surface area contributed by atoms with Crippen LogP contribution in [0, 0.1) is 10.1 Å². The van der Waals surface area contributed by atoms with Gasteiger partial charge in [-0.05, 0) is 37.0 Å². The third kappa shape index (κ3) is 2.86. The highest BCUT2D eigenvalue weighted by atomic mass is 16.6. The number of fused-ring (bicyclic) bond motifs is 1. The van der Waals surface area contributed by atoms with E-state index in [1.165, 1.54) is 6.07 Å². The number of aliphatic hydroxyl groups is 1. The molecule has 2 aliphatic heterocycles. The van der Waals surface area contributed by atoms with Crippen LogP contribution in [0.3, 0.4) is 0 Å². The molecule has 0 bridgehead atoms. The summed E-state index contributed by atoms with van der Waals surface area (Å²) in [4.78, 5) is 13.1. The number of aliphatic hydroxyl groups excluding tert-OH is 1. The quantitative estimate of drug-likeness (QED) is 0.674. The summed E-state index contributed by atoms with van der Waals surface area (Å²) in [5.41, 5.74) is 1.36. The van der Waals surface area contributed by atoms with Crippen molar-refractivity contribution in [2.24, 2.45) is 0 Å². The molecule has 0 radical (unpaired) electrons. The topological polar surface area (TPSA) is 97.3 Å². The minimum atomic E-state index is -0.352. The lowest BCUT2D eigenvalue weighted by Crippen LogP contribution is -2.35. The molecule has 1 N–H and O–H groups in total. The second-order valence-corrected chi connectivity index (χ2v) is 6.75. The van der Waals surface area contributed by atoms with Crippen LogP contribution in [-0.2, 0) is 19.6 Å². The average Bonchev–Trinajstić information content (AvgIpc) is 3.24. The number of aryl methyl sites for hydroxylation is 1. The molecule has 1 saturated heterocycles. The van der Waals surface area contributed by atoms with Crippen LogP contribution in [0.4, 0.5) is 11.4 Å². The van der Waals surface area contributed by atoms with Crippen molar-refractivity contribution in [3.8, 4) is 0 Å². The Morgan fingerprint density at radius 1 is 1.28 bits per heavy atom. The molecule has 25 heavy (non-hydrogen) atoms. The van der Waals surface area contributed by atoms with Crippen LogP contribution in [0.5, 0.6) is 0 Å². The van der Waals surface area contributed by atoms with E-state index in [-0.39, 0.29) is 23.1 Å². The second kappa shape index (κ2) is 6.44. The van der Waals surface area contributed by atoms with Gasteiger partial charge >= 0.3 is 0 Å². The Bertz CT molecular complexity index is 804. The first-order valence-corrected chi connectivity index (χ1v) is 8.72. The minimum absolute atomic E-state index is 0.0873. The maximum Gasteiger partial charge on any atom is 0.292 e. The Hall–Kier alpha value is -2.48. The van der Waals surface area contributed by atoms with Crippen molar-refractivity contribution in [2.45, 2.75) is 44.8 Å². The van der Waals surface area contributed by atoms with Gasteiger partial charge < -0.3 is 14.6 Å². The van der Waals surface area contributed by atoms with Crippen LogP contribution in [0.15, 0.2) is 18.2 Å². The predicted molar refractivity (Wildman–Crippen MR) is 91.6 cm³/mol. The molecule has 0 spiro atoms. The highest BCUT2D eigenvalue weighted by Gasteiger charge is 2.30. The van der Waals surface area contributed by atoms with Crippen molar-refractivity contribution >= 4 is 11.4 Å². The molecule has 8 nitrogen and oxygen atoms in total. The van der Waals surface area contributed by atoms with Crippen LogP contribution in [0.25, 0.3) is 0 Å². The first-order chi connectivity index (χ1) is 12.2. The van der Waals surface area contributed by atoms with E-state index in [4.69, 9.17) is 0 Å². The van der Waals surface area contributed by atoms with Crippen LogP contribution in [-0.4, -0.2) is 37.9 Å². The summed E-state index contributed by atoms with van der Waals surface area (Å²) in [7, 11) is 0. The number of nitrogens with zero attached hydrogens (tertiary/aromatic N) is 5. The zero-order valence-electron chi connectivity index (χ0n) is 14.0. The molecule has 1 atom stereocenters. The highest BCUT2D eigenvalue weighted by molar-refractivity contribution is 5.65. The molecule has 2 aliphatic rings. The van der Waals surface area contributed by atoms with Gasteiger partial charge in [0.1, 0.15) is 17.3 Å². The van der Waals surface area contributed by atoms with Crippen molar-refractivity contribution < 1.29 is 10.0 Å². The Labute approximate surface area is 145 Å². The van der Waals surface area contributed by atoms with E-state index in [9.17, 15) is 15.2 Å². The lowest BCUT2D eigenvalue weighted by molar-refractivity contribution is -0.384. The van der Waals surface area contributed by atoms with Gasteiger partial charge in [-0.3, -0.25) is 10.1 Å². The van der Waals surface area contributed by atoms with Crippen LogP contribution in [0.2, 0.25) is 0 Å². The molecule has 3 heterocycles. The smallest absolute Gasteiger partial charge is 0.292 e. The van der Waals surface area contributed by atoms with E-state index in [0.717, 1.165) is 50.4 Å². The van der Waals surface area contributed by atoms with Gasteiger partial charge in [0.15, 0.2) is 0 Å². The Morgan fingerprint density at radius 2 is 2.16 bits per heavy atom. The molecule has 8 heteroatoms. The van der Waals surface area contributed by atoms with Crippen molar-refractivity contribution in [1.82, 2.24) is 14.8 Å². The van der Waals surface area contributed by atoms with E-state index >= 15 is 0 Å². The standard InChI is InChI=1S/C17H21N5O3/c23-11-12-5-6-14(22(24)25)15(9-12)20-7-1-3-13(10-20)17-19-18-16-4-2-8-21(16)17/h5-6,9,13,23H,1-4,7-8,10-11H2.